The van der Waals surface area contributed by atoms with Crippen molar-refractivity contribution >= 4 is 0 Å². The molecular weight excluding hydrogens is 114 g/mol. The molecule has 1 saturated heterocycles. The third-order valence-electron chi connectivity index (χ3n) is 1.90. The molecule has 0 aromatic heterocycles. The van der Waals surface area contributed by atoms with E-state index in [0.29, 0.717) is 6.04 Å². The first-order valence-corrected chi connectivity index (χ1v) is 3.56. The maximum atomic E-state index is 9.50. The Morgan fingerprint density at radius 3 is 2.67 bits per heavy atom. The maximum Gasteiger partial charge on any atom is 0.0646 e. The van der Waals surface area contributed by atoms with E-state index >= 15 is 0 Å². The Bertz CT molecular complexity index is 101. The summed E-state index contributed by atoms with van der Waals surface area (Å²) in [4.78, 5) is 0. The number of hydrogen-bond donors (Lipinski definition) is 2. The van der Waals surface area contributed by atoms with Crippen molar-refractivity contribution in [1.82, 2.24) is 5.32 Å². The van der Waals surface area contributed by atoms with Gasteiger partial charge in [0, 0.05) is 6.04 Å². The van der Waals surface area contributed by atoms with Crippen molar-refractivity contribution in [3.8, 4) is 0 Å². The topological polar surface area (TPSA) is 32.3 Å². The Hall–Kier alpha value is -0.0800. The molecule has 1 aliphatic rings. The van der Waals surface area contributed by atoms with E-state index in [1.807, 2.05) is 6.92 Å². The Morgan fingerprint density at radius 2 is 2.33 bits per heavy atom. The minimum Gasteiger partial charge on any atom is -0.390 e. The number of nitrogens with one attached hydrogen (secondary N) is 1. The molecule has 1 fully saturated rings. The van der Waals surface area contributed by atoms with Crippen molar-refractivity contribution in [3.05, 3.63) is 0 Å². The van der Waals surface area contributed by atoms with Crippen molar-refractivity contribution in [2.75, 3.05) is 6.54 Å². The Balaban J connectivity index is 2.41. The SMILES string of the molecule is C[C@@H]1C[C@](C)(O)CCN1. The molecule has 2 heteroatoms. The van der Waals surface area contributed by atoms with E-state index in [-0.39, 0.29) is 0 Å². The zero-order valence-electron chi connectivity index (χ0n) is 6.15. The molecule has 0 spiro atoms. The first-order valence-electron chi connectivity index (χ1n) is 3.56. The molecule has 1 rings (SSSR count). The normalized spacial score (nSPS) is 45.0. The zero-order valence-corrected chi connectivity index (χ0v) is 6.15. The summed E-state index contributed by atoms with van der Waals surface area (Å²) < 4.78 is 0. The van der Waals surface area contributed by atoms with Crippen molar-refractivity contribution in [3.63, 3.8) is 0 Å². The largest absolute Gasteiger partial charge is 0.390 e. The van der Waals surface area contributed by atoms with Gasteiger partial charge < -0.3 is 10.4 Å². The highest BCUT2D eigenvalue weighted by Gasteiger charge is 2.26. The van der Waals surface area contributed by atoms with Gasteiger partial charge in [0.05, 0.1) is 5.60 Å². The van der Waals surface area contributed by atoms with Gasteiger partial charge in [-0.05, 0) is 33.2 Å². The maximum absolute atomic E-state index is 9.50. The van der Waals surface area contributed by atoms with Gasteiger partial charge >= 0.3 is 0 Å². The average Bonchev–Trinajstić information content (AvgIpc) is 1.60. The first-order chi connectivity index (χ1) is 4.10. The van der Waals surface area contributed by atoms with Crippen LogP contribution in [0.1, 0.15) is 26.7 Å². The molecule has 2 N–H and O–H groups in total. The minimum atomic E-state index is -0.412. The number of hydrogen-bond acceptors (Lipinski definition) is 2. The van der Waals surface area contributed by atoms with Crippen molar-refractivity contribution in [2.45, 2.75) is 38.3 Å². The van der Waals surface area contributed by atoms with Gasteiger partial charge in [-0.2, -0.15) is 0 Å². The summed E-state index contributed by atoms with van der Waals surface area (Å²) in [5.74, 6) is 0. The van der Waals surface area contributed by atoms with E-state index in [4.69, 9.17) is 0 Å². The summed E-state index contributed by atoms with van der Waals surface area (Å²) in [6.07, 6.45) is 1.77. The molecule has 2 atom stereocenters. The Kier molecular flexibility index (Phi) is 1.78. The van der Waals surface area contributed by atoms with Crippen molar-refractivity contribution in [1.29, 1.82) is 0 Å². The van der Waals surface area contributed by atoms with Crippen LogP contribution in [0.15, 0.2) is 0 Å². The highest BCUT2D eigenvalue weighted by atomic mass is 16.3. The number of piperidine rings is 1. The molecule has 1 heterocycles. The highest BCUT2D eigenvalue weighted by Crippen LogP contribution is 2.19. The third kappa shape index (κ3) is 1.95. The van der Waals surface area contributed by atoms with Crippen molar-refractivity contribution < 1.29 is 5.11 Å². The standard InChI is InChI=1S/C7H15NO/c1-6-5-7(2,9)3-4-8-6/h6,8-9H,3-5H2,1-2H3/t6-,7-/m1/s1. The van der Waals surface area contributed by atoms with E-state index in [1.165, 1.54) is 0 Å². The van der Waals surface area contributed by atoms with Crippen LogP contribution in [-0.4, -0.2) is 23.3 Å². The van der Waals surface area contributed by atoms with Crippen LogP contribution in [-0.2, 0) is 0 Å². The van der Waals surface area contributed by atoms with Gasteiger partial charge in [0.2, 0.25) is 0 Å². The summed E-state index contributed by atoms with van der Waals surface area (Å²) in [6.45, 7) is 4.96. The van der Waals surface area contributed by atoms with Gasteiger partial charge in [0.15, 0.2) is 0 Å². The summed E-state index contributed by atoms with van der Waals surface area (Å²) in [5.41, 5.74) is -0.412. The molecule has 0 aromatic carbocycles. The zero-order chi connectivity index (χ0) is 6.91. The molecular formula is C7H15NO. The molecule has 0 bridgehead atoms. The molecule has 0 unspecified atom stereocenters. The van der Waals surface area contributed by atoms with Crippen LogP contribution < -0.4 is 5.32 Å². The molecule has 0 aliphatic carbocycles. The predicted molar refractivity (Wildman–Crippen MR) is 37.3 cm³/mol. The van der Waals surface area contributed by atoms with Crippen LogP contribution in [0.3, 0.4) is 0 Å². The van der Waals surface area contributed by atoms with E-state index in [9.17, 15) is 5.11 Å². The van der Waals surface area contributed by atoms with Crippen LogP contribution >= 0.6 is 0 Å². The summed E-state index contributed by atoms with van der Waals surface area (Å²) in [6, 6.07) is 0.480. The van der Waals surface area contributed by atoms with Crippen LogP contribution in [0.5, 0.6) is 0 Å². The molecule has 2 nitrogen and oxygen atoms in total. The fourth-order valence-corrected chi connectivity index (χ4v) is 1.42. The Morgan fingerprint density at radius 1 is 1.67 bits per heavy atom. The van der Waals surface area contributed by atoms with E-state index in [2.05, 4.69) is 12.2 Å². The highest BCUT2D eigenvalue weighted by molar-refractivity contribution is 4.83. The fraction of sp³-hybridized carbons (Fsp3) is 1.00. The lowest BCUT2D eigenvalue weighted by Crippen LogP contribution is -2.44. The summed E-state index contributed by atoms with van der Waals surface area (Å²) in [5, 5.41) is 12.8. The Labute approximate surface area is 56.3 Å². The van der Waals surface area contributed by atoms with Gasteiger partial charge in [-0.15, -0.1) is 0 Å². The summed E-state index contributed by atoms with van der Waals surface area (Å²) >= 11 is 0. The molecule has 1 aliphatic heterocycles. The lowest BCUT2D eigenvalue weighted by molar-refractivity contribution is 0.0162. The van der Waals surface area contributed by atoms with E-state index in [0.717, 1.165) is 19.4 Å². The third-order valence-corrected chi connectivity index (χ3v) is 1.90. The quantitative estimate of drug-likeness (QED) is 0.499. The average molecular weight is 129 g/mol. The number of aliphatic hydroxyl groups is 1. The van der Waals surface area contributed by atoms with Gasteiger partial charge in [0.1, 0.15) is 0 Å². The van der Waals surface area contributed by atoms with E-state index < -0.39 is 5.60 Å². The first kappa shape index (κ1) is 7.03. The predicted octanol–water partition coefficient (Wildman–Crippen LogP) is 0.509. The molecule has 0 radical (unpaired) electrons. The van der Waals surface area contributed by atoms with Crippen LogP contribution in [0, 0.1) is 0 Å². The minimum absolute atomic E-state index is 0.412. The second-order valence-corrected chi connectivity index (χ2v) is 3.31. The van der Waals surface area contributed by atoms with Crippen LogP contribution in [0.2, 0.25) is 0 Å². The van der Waals surface area contributed by atoms with Gasteiger partial charge in [-0.1, -0.05) is 0 Å². The van der Waals surface area contributed by atoms with E-state index in [1.54, 1.807) is 0 Å². The lowest BCUT2D eigenvalue weighted by Gasteiger charge is -2.32. The monoisotopic (exact) mass is 129 g/mol. The van der Waals surface area contributed by atoms with Crippen LogP contribution in [0.25, 0.3) is 0 Å². The second kappa shape index (κ2) is 2.27. The molecule has 0 saturated carbocycles. The van der Waals surface area contributed by atoms with Crippen molar-refractivity contribution in [2.24, 2.45) is 0 Å². The second-order valence-electron chi connectivity index (χ2n) is 3.31. The number of rotatable bonds is 0. The molecule has 0 aromatic rings. The van der Waals surface area contributed by atoms with Crippen LogP contribution in [0.4, 0.5) is 0 Å². The summed E-state index contributed by atoms with van der Waals surface area (Å²) in [7, 11) is 0. The van der Waals surface area contributed by atoms with Gasteiger partial charge in [-0.3, -0.25) is 0 Å². The fourth-order valence-electron chi connectivity index (χ4n) is 1.42. The van der Waals surface area contributed by atoms with Gasteiger partial charge in [0.25, 0.3) is 0 Å². The molecule has 9 heavy (non-hydrogen) atoms. The smallest absolute Gasteiger partial charge is 0.0646 e. The molecule has 0 amide bonds. The van der Waals surface area contributed by atoms with Gasteiger partial charge in [-0.25, -0.2) is 0 Å². The lowest BCUT2D eigenvalue weighted by atomic mass is 9.91. The molecule has 54 valence electrons.